The molecule has 0 unspecified atom stereocenters. The van der Waals surface area contributed by atoms with Crippen molar-refractivity contribution < 1.29 is 4.79 Å². The van der Waals surface area contributed by atoms with E-state index in [1.165, 1.54) is 25.7 Å². The number of amides is 1. The molecule has 0 aliphatic heterocycles. The monoisotopic (exact) mass is 330 g/mol. The maximum atomic E-state index is 12.4. The molecule has 0 heterocycles. The Labute approximate surface area is 145 Å². The fourth-order valence-electron chi connectivity index (χ4n) is 3.11. The Balaban J connectivity index is 1.82. The lowest BCUT2D eigenvalue weighted by molar-refractivity contribution is -0.130. The van der Waals surface area contributed by atoms with E-state index in [1.54, 1.807) is 4.90 Å². The molecule has 3 N–H and O–H groups in total. The topological polar surface area (TPSA) is 70.7 Å². The first-order valence-electron chi connectivity index (χ1n) is 9.07. The summed E-state index contributed by atoms with van der Waals surface area (Å²) in [4.78, 5) is 18.4. The van der Waals surface area contributed by atoms with Crippen LogP contribution in [0.5, 0.6) is 0 Å². The van der Waals surface area contributed by atoms with Gasteiger partial charge in [-0.25, -0.2) is 4.99 Å². The van der Waals surface area contributed by atoms with E-state index in [-0.39, 0.29) is 12.5 Å². The predicted molar refractivity (Wildman–Crippen MR) is 98.6 cm³/mol. The van der Waals surface area contributed by atoms with Crippen LogP contribution in [0.2, 0.25) is 0 Å². The van der Waals surface area contributed by atoms with Crippen LogP contribution >= 0.6 is 0 Å². The van der Waals surface area contributed by atoms with Gasteiger partial charge in [0.1, 0.15) is 6.54 Å². The van der Waals surface area contributed by atoms with Crippen LogP contribution in [0.3, 0.4) is 0 Å². The van der Waals surface area contributed by atoms with Crippen LogP contribution in [-0.4, -0.2) is 35.9 Å². The third-order valence-electron chi connectivity index (χ3n) is 4.54. The van der Waals surface area contributed by atoms with E-state index in [4.69, 9.17) is 5.73 Å². The highest BCUT2D eigenvalue weighted by atomic mass is 16.2. The predicted octanol–water partition coefficient (Wildman–Crippen LogP) is 2.66. The third kappa shape index (κ3) is 6.22. The number of hydrogen-bond acceptors (Lipinski definition) is 2. The van der Waals surface area contributed by atoms with Crippen molar-refractivity contribution in [3.8, 4) is 0 Å². The molecule has 0 saturated heterocycles. The van der Waals surface area contributed by atoms with E-state index in [1.807, 2.05) is 37.3 Å². The molecule has 2 rings (SSSR count). The van der Waals surface area contributed by atoms with Crippen molar-refractivity contribution in [3.05, 3.63) is 35.9 Å². The van der Waals surface area contributed by atoms with E-state index >= 15 is 0 Å². The Kier molecular flexibility index (Phi) is 7.59. The number of benzene rings is 1. The number of nitrogens with two attached hydrogens (primary N) is 1. The maximum absolute atomic E-state index is 12.4. The summed E-state index contributed by atoms with van der Waals surface area (Å²) >= 11 is 0. The summed E-state index contributed by atoms with van der Waals surface area (Å²) in [5, 5.41) is 3.28. The second-order valence-corrected chi connectivity index (χ2v) is 6.43. The van der Waals surface area contributed by atoms with Gasteiger partial charge in [-0.1, -0.05) is 56.0 Å². The van der Waals surface area contributed by atoms with E-state index in [9.17, 15) is 4.79 Å². The zero-order valence-corrected chi connectivity index (χ0v) is 14.7. The zero-order chi connectivity index (χ0) is 17.2. The van der Waals surface area contributed by atoms with Gasteiger partial charge in [-0.3, -0.25) is 4.79 Å². The van der Waals surface area contributed by atoms with Gasteiger partial charge >= 0.3 is 0 Å². The summed E-state index contributed by atoms with van der Waals surface area (Å²) in [5.41, 5.74) is 7.09. The highest BCUT2D eigenvalue weighted by molar-refractivity contribution is 5.84. The lowest BCUT2D eigenvalue weighted by Crippen LogP contribution is -2.41. The van der Waals surface area contributed by atoms with Gasteiger partial charge in [0.25, 0.3) is 0 Å². The van der Waals surface area contributed by atoms with Crippen molar-refractivity contribution in [1.29, 1.82) is 0 Å². The lowest BCUT2D eigenvalue weighted by atomic mass is 10.1. The smallest absolute Gasteiger partial charge is 0.244 e. The number of guanidine groups is 1. The highest BCUT2D eigenvalue weighted by Crippen LogP contribution is 2.16. The molecule has 24 heavy (non-hydrogen) atoms. The summed E-state index contributed by atoms with van der Waals surface area (Å²) < 4.78 is 0. The molecule has 1 aliphatic rings. The molecule has 1 amide bonds. The first-order chi connectivity index (χ1) is 11.7. The van der Waals surface area contributed by atoms with Crippen molar-refractivity contribution >= 4 is 11.9 Å². The summed E-state index contributed by atoms with van der Waals surface area (Å²) in [6, 6.07) is 10.4. The summed E-state index contributed by atoms with van der Waals surface area (Å²) in [7, 11) is 0. The van der Waals surface area contributed by atoms with E-state index in [0.29, 0.717) is 25.1 Å². The molecule has 1 aromatic rings. The van der Waals surface area contributed by atoms with E-state index < -0.39 is 0 Å². The lowest BCUT2D eigenvalue weighted by Gasteiger charge is -2.21. The number of aliphatic imine (C=N–C) groups is 1. The van der Waals surface area contributed by atoms with Gasteiger partial charge in [0.2, 0.25) is 5.91 Å². The highest BCUT2D eigenvalue weighted by Gasteiger charge is 2.14. The largest absolute Gasteiger partial charge is 0.370 e. The first-order valence-corrected chi connectivity index (χ1v) is 9.07. The zero-order valence-electron chi connectivity index (χ0n) is 14.7. The van der Waals surface area contributed by atoms with Gasteiger partial charge in [0, 0.05) is 19.1 Å². The Morgan fingerprint density at radius 3 is 2.50 bits per heavy atom. The molecule has 0 atom stereocenters. The molecular weight excluding hydrogens is 300 g/mol. The average molecular weight is 330 g/mol. The normalized spacial score (nSPS) is 16.5. The minimum Gasteiger partial charge on any atom is -0.370 e. The van der Waals surface area contributed by atoms with Crippen molar-refractivity contribution in [2.75, 3.05) is 13.1 Å². The van der Waals surface area contributed by atoms with Crippen LogP contribution in [0.25, 0.3) is 0 Å². The van der Waals surface area contributed by atoms with Crippen LogP contribution < -0.4 is 11.1 Å². The Hall–Kier alpha value is -2.04. The average Bonchev–Trinajstić information content (AvgIpc) is 2.87. The van der Waals surface area contributed by atoms with E-state index in [0.717, 1.165) is 18.4 Å². The number of carbonyl (C=O) groups is 1. The minimum absolute atomic E-state index is 0.00645. The van der Waals surface area contributed by atoms with Crippen molar-refractivity contribution in [3.63, 3.8) is 0 Å². The summed E-state index contributed by atoms with van der Waals surface area (Å²) in [6.07, 6.45) is 7.37. The van der Waals surface area contributed by atoms with Crippen molar-refractivity contribution in [2.45, 2.75) is 58.0 Å². The summed E-state index contributed by atoms with van der Waals surface area (Å²) in [5.74, 6) is 0.401. The molecule has 1 fully saturated rings. The van der Waals surface area contributed by atoms with Crippen LogP contribution in [0.1, 0.15) is 51.0 Å². The van der Waals surface area contributed by atoms with Gasteiger partial charge in [-0.15, -0.1) is 0 Å². The fourth-order valence-corrected chi connectivity index (χ4v) is 3.11. The molecule has 1 saturated carbocycles. The molecule has 132 valence electrons. The van der Waals surface area contributed by atoms with Crippen molar-refractivity contribution in [1.82, 2.24) is 10.2 Å². The molecule has 0 radical (unpaired) electrons. The van der Waals surface area contributed by atoms with Crippen LogP contribution in [-0.2, 0) is 11.3 Å². The minimum atomic E-state index is 0.00645. The molecule has 0 aromatic heterocycles. The third-order valence-corrected chi connectivity index (χ3v) is 4.54. The summed E-state index contributed by atoms with van der Waals surface area (Å²) in [6.45, 7) is 3.37. The van der Waals surface area contributed by atoms with Gasteiger partial charge < -0.3 is 16.0 Å². The number of carbonyl (C=O) groups excluding carboxylic acids is 1. The molecule has 1 aromatic carbocycles. The maximum Gasteiger partial charge on any atom is 0.244 e. The number of rotatable bonds is 6. The van der Waals surface area contributed by atoms with Gasteiger partial charge in [-0.2, -0.15) is 0 Å². The number of nitrogens with one attached hydrogen (secondary N) is 1. The van der Waals surface area contributed by atoms with Crippen LogP contribution in [0.15, 0.2) is 35.3 Å². The van der Waals surface area contributed by atoms with Gasteiger partial charge in [-0.05, 0) is 25.3 Å². The van der Waals surface area contributed by atoms with E-state index in [2.05, 4.69) is 10.3 Å². The fraction of sp³-hybridized carbons (Fsp3) is 0.579. The molecule has 0 bridgehead atoms. The number of nitrogens with zero attached hydrogens (tertiary/aromatic N) is 2. The Morgan fingerprint density at radius 2 is 1.88 bits per heavy atom. The van der Waals surface area contributed by atoms with Gasteiger partial charge in [0.05, 0.1) is 0 Å². The standard InChI is InChI=1S/C19H30N4O/c1-2-23(15-16-10-6-5-7-11-16)18(24)14-21-19(20)22-17-12-8-3-4-9-13-17/h5-7,10-11,17H,2-4,8-9,12-15H2,1H3,(H3,20,21,22). The SMILES string of the molecule is CCN(Cc1ccccc1)C(=O)CN=C(N)NC1CCCCCC1. The molecule has 1 aliphatic carbocycles. The second-order valence-electron chi connectivity index (χ2n) is 6.43. The van der Waals surface area contributed by atoms with Crippen LogP contribution in [0.4, 0.5) is 0 Å². The second kappa shape index (κ2) is 9.96. The Morgan fingerprint density at radius 1 is 1.21 bits per heavy atom. The first kappa shape index (κ1) is 18.3. The molecule has 0 spiro atoms. The molecule has 5 nitrogen and oxygen atoms in total. The Bertz CT molecular complexity index is 521. The quantitative estimate of drug-likeness (QED) is 0.478. The van der Waals surface area contributed by atoms with Crippen molar-refractivity contribution in [2.24, 2.45) is 10.7 Å². The molecular formula is C19H30N4O. The number of likely N-dealkylation sites (N-methyl/N-ethyl adjacent to an activating group) is 1. The number of hydrogen-bond donors (Lipinski definition) is 2. The van der Waals surface area contributed by atoms with Gasteiger partial charge in [0.15, 0.2) is 5.96 Å². The molecule has 5 heteroatoms. The van der Waals surface area contributed by atoms with Crippen LogP contribution in [0, 0.1) is 0 Å².